The second-order valence-electron chi connectivity index (χ2n) is 6.97. The molecule has 3 aliphatic rings. The SMILES string of the molecule is Nc1ccc2c(c1)CC1CCC(C2)C1NS(=O)(=O)C1=CCC(Cl)S1. The van der Waals surface area contributed by atoms with Gasteiger partial charge < -0.3 is 5.73 Å². The number of benzene rings is 1. The number of nitrogen functional groups attached to an aromatic ring is 1. The Kier molecular flexibility index (Phi) is 4.35. The highest BCUT2D eigenvalue weighted by Gasteiger charge is 2.42. The zero-order valence-corrected chi connectivity index (χ0v) is 15.6. The number of sulfonamides is 1. The van der Waals surface area contributed by atoms with Crippen molar-refractivity contribution in [1.82, 2.24) is 4.72 Å². The van der Waals surface area contributed by atoms with Gasteiger partial charge in [-0.1, -0.05) is 23.9 Å². The molecule has 0 saturated heterocycles. The van der Waals surface area contributed by atoms with Gasteiger partial charge in [0.15, 0.2) is 0 Å². The van der Waals surface area contributed by atoms with Gasteiger partial charge in [0.1, 0.15) is 4.24 Å². The van der Waals surface area contributed by atoms with Crippen molar-refractivity contribution in [3.05, 3.63) is 39.6 Å². The van der Waals surface area contributed by atoms with Gasteiger partial charge in [0, 0.05) is 11.7 Å². The van der Waals surface area contributed by atoms with Crippen molar-refractivity contribution in [2.75, 3.05) is 5.73 Å². The van der Waals surface area contributed by atoms with E-state index in [4.69, 9.17) is 17.3 Å². The van der Waals surface area contributed by atoms with Crippen molar-refractivity contribution < 1.29 is 8.42 Å². The van der Waals surface area contributed by atoms with Crippen molar-refractivity contribution in [2.24, 2.45) is 11.8 Å². The molecule has 0 spiro atoms. The van der Waals surface area contributed by atoms with Gasteiger partial charge >= 0.3 is 0 Å². The molecule has 1 fully saturated rings. The van der Waals surface area contributed by atoms with Crippen molar-refractivity contribution >= 4 is 39.1 Å². The molecule has 24 heavy (non-hydrogen) atoms. The first-order valence-electron chi connectivity index (χ1n) is 8.33. The predicted octanol–water partition coefficient (Wildman–Crippen LogP) is 3.22. The Labute approximate surface area is 152 Å². The number of halogens is 1. The maximum absolute atomic E-state index is 12.7. The lowest BCUT2D eigenvalue weighted by atomic mass is 9.93. The topological polar surface area (TPSA) is 72.2 Å². The maximum atomic E-state index is 12.7. The minimum atomic E-state index is -3.47. The van der Waals surface area contributed by atoms with Crippen molar-refractivity contribution in [3.8, 4) is 0 Å². The fraction of sp³-hybridized carbons (Fsp3) is 0.529. The molecule has 1 aromatic carbocycles. The third-order valence-electron chi connectivity index (χ3n) is 5.39. The molecule has 0 amide bonds. The first-order valence-corrected chi connectivity index (χ1v) is 11.1. The molecule has 3 N–H and O–H groups in total. The van der Waals surface area contributed by atoms with Gasteiger partial charge in [-0.25, -0.2) is 13.1 Å². The molecule has 0 aromatic heterocycles. The average Bonchev–Trinajstić information content (AvgIpc) is 3.05. The summed E-state index contributed by atoms with van der Waals surface area (Å²) in [7, 11) is -3.47. The van der Waals surface area contributed by atoms with Crippen LogP contribution in [0.2, 0.25) is 0 Å². The number of alkyl halides is 1. The summed E-state index contributed by atoms with van der Waals surface area (Å²) in [6.45, 7) is 0. The average molecular weight is 385 g/mol. The van der Waals surface area contributed by atoms with E-state index in [0.29, 0.717) is 22.5 Å². The van der Waals surface area contributed by atoms with Crippen LogP contribution in [0.15, 0.2) is 28.5 Å². The number of rotatable bonds is 3. The van der Waals surface area contributed by atoms with E-state index in [2.05, 4.69) is 16.9 Å². The van der Waals surface area contributed by atoms with E-state index in [1.54, 1.807) is 6.08 Å². The van der Waals surface area contributed by atoms with Gasteiger partial charge in [-0.2, -0.15) is 0 Å². The number of hydrogen-bond donors (Lipinski definition) is 2. The molecule has 130 valence electrons. The number of anilines is 1. The largest absolute Gasteiger partial charge is 0.399 e. The Bertz CT molecular complexity index is 794. The van der Waals surface area contributed by atoms with Crippen LogP contribution in [0.5, 0.6) is 0 Å². The van der Waals surface area contributed by atoms with E-state index in [-0.39, 0.29) is 10.8 Å². The molecule has 4 nitrogen and oxygen atoms in total. The molecule has 4 rings (SSSR count). The lowest BCUT2D eigenvalue weighted by molar-refractivity contribution is 0.388. The summed E-state index contributed by atoms with van der Waals surface area (Å²) in [4.78, 5) is 0. The summed E-state index contributed by atoms with van der Waals surface area (Å²) < 4.78 is 28.7. The van der Waals surface area contributed by atoms with Crippen LogP contribution in [0.25, 0.3) is 0 Å². The minimum Gasteiger partial charge on any atom is -0.399 e. The molecule has 2 bridgehead atoms. The van der Waals surface area contributed by atoms with Crippen molar-refractivity contribution in [2.45, 2.75) is 42.9 Å². The van der Waals surface area contributed by atoms with Crippen LogP contribution in [0.1, 0.15) is 30.4 Å². The van der Waals surface area contributed by atoms with Crippen LogP contribution < -0.4 is 10.5 Å². The molecular weight excluding hydrogens is 364 g/mol. The number of nitrogens with two attached hydrogens (primary N) is 1. The van der Waals surface area contributed by atoms with E-state index in [1.807, 2.05) is 6.07 Å². The fourth-order valence-corrected chi connectivity index (χ4v) is 7.59. The molecule has 1 heterocycles. The summed E-state index contributed by atoms with van der Waals surface area (Å²) >= 11 is 7.27. The van der Waals surface area contributed by atoms with Gasteiger partial charge in [0.05, 0.1) is 4.71 Å². The third-order valence-corrected chi connectivity index (χ3v) is 8.91. The van der Waals surface area contributed by atoms with Crippen LogP contribution >= 0.6 is 23.4 Å². The summed E-state index contributed by atoms with van der Waals surface area (Å²) in [5, 5.41) is 0. The standard InChI is InChI=1S/C17H21ClN2O2S2/c18-15-5-6-16(23-15)24(21,22)20-17-11-1-2-12(17)8-13-9-14(19)4-3-10(13)7-11/h3-4,6,9,11-12,15,17,20H,1-2,5,7-8,19H2. The molecule has 0 radical (unpaired) electrons. The smallest absolute Gasteiger partial charge is 0.246 e. The Morgan fingerprint density at radius 2 is 1.88 bits per heavy atom. The lowest BCUT2D eigenvalue weighted by Crippen LogP contribution is -2.41. The van der Waals surface area contributed by atoms with E-state index in [9.17, 15) is 8.42 Å². The zero-order chi connectivity index (χ0) is 16.9. The Morgan fingerprint density at radius 3 is 2.54 bits per heavy atom. The van der Waals surface area contributed by atoms with Crippen molar-refractivity contribution in [3.63, 3.8) is 0 Å². The predicted molar refractivity (Wildman–Crippen MR) is 100 cm³/mol. The molecule has 1 saturated carbocycles. The number of nitrogens with one attached hydrogen (secondary N) is 1. The van der Waals surface area contributed by atoms with Crippen LogP contribution in [-0.2, 0) is 22.9 Å². The lowest BCUT2D eigenvalue weighted by Gasteiger charge is -2.23. The highest BCUT2D eigenvalue weighted by atomic mass is 35.5. The Hall–Kier alpha value is -0.690. The molecule has 1 aliphatic heterocycles. The molecule has 4 atom stereocenters. The summed E-state index contributed by atoms with van der Waals surface area (Å²) in [6.07, 6.45) is 6.30. The van der Waals surface area contributed by atoms with Gasteiger partial charge in [-0.3, -0.25) is 0 Å². The van der Waals surface area contributed by atoms with E-state index < -0.39 is 10.0 Å². The molecular formula is C17H21ClN2O2S2. The number of hydrogen-bond acceptors (Lipinski definition) is 4. The van der Waals surface area contributed by atoms with Gasteiger partial charge in [-0.15, -0.1) is 11.6 Å². The molecule has 7 heteroatoms. The third kappa shape index (κ3) is 3.09. The van der Waals surface area contributed by atoms with Gasteiger partial charge in [0.2, 0.25) is 10.0 Å². The minimum absolute atomic E-state index is 0.000463. The van der Waals surface area contributed by atoms with E-state index >= 15 is 0 Å². The second-order valence-corrected chi connectivity index (χ2v) is 10.9. The van der Waals surface area contributed by atoms with E-state index in [1.165, 1.54) is 22.9 Å². The van der Waals surface area contributed by atoms with Crippen LogP contribution in [-0.4, -0.2) is 19.2 Å². The first kappa shape index (κ1) is 16.8. The zero-order valence-electron chi connectivity index (χ0n) is 13.2. The monoisotopic (exact) mass is 384 g/mol. The van der Waals surface area contributed by atoms with Crippen LogP contribution in [0, 0.1) is 11.8 Å². The Balaban J connectivity index is 1.57. The molecule has 1 aromatic rings. The second kappa shape index (κ2) is 6.24. The summed E-state index contributed by atoms with van der Waals surface area (Å²) in [5.74, 6) is 0.695. The summed E-state index contributed by atoms with van der Waals surface area (Å²) in [6, 6.07) is 6.09. The van der Waals surface area contributed by atoms with Crippen LogP contribution in [0.4, 0.5) is 5.69 Å². The normalized spacial score (nSPS) is 32.3. The number of thioether (sulfide) groups is 1. The van der Waals surface area contributed by atoms with Crippen LogP contribution in [0.3, 0.4) is 0 Å². The molecule has 2 aliphatic carbocycles. The Morgan fingerprint density at radius 1 is 1.17 bits per heavy atom. The quantitative estimate of drug-likeness (QED) is 0.620. The van der Waals surface area contributed by atoms with Gasteiger partial charge in [-0.05, 0) is 67.2 Å². The van der Waals surface area contributed by atoms with Crippen molar-refractivity contribution in [1.29, 1.82) is 0 Å². The molecule has 4 unspecified atom stereocenters. The first-order chi connectivity index (χ1) is 11.4. The summed E-state index contributed by atoms with van der Waals surface area (Å²) in [5.41, 5.74) is 9.31. The number of allylic oxidation sites excluding steroid dienone is 1. The van der Waals surface area contributed by atoms with Gasteiger partial charge in [0.25, 0.3) is 0 Å². The highest BCUT2D eigenvalue weighted by molar-refractivity contribution is 8.19. The number of fused-ring (bicyclic) bond motifs is 3. The van der Waals surface area contributed by atoms with E-state index in [0.717, 1.165) is 31.4 Å². The fourth-order valence-electron chi connectivity index (χ4n) is 4.24. The highest BCUT2D eigenvalue weighted by Crippen LogP contribution is 2.43. The maximum Gasteiger partial charge on any atom is 0.246 e.